The molecule has 1 fully saturated rings. The Morgan fingerprint density at radius 3 is 2.91 bits per heavy atom. The SMILES string of the molecule is CSc1c[c]cc(C2CC2)c1. The first-order valence-electron chi connectivity index (χ1n) is 3.95. The summed E-state index contributed by atoms with van der Waals surface area (Å²) in [7, 11) is 0. The van der Waals surface area contributed by atoms with Gasteiger partial charge in [-0.15, -0.1) is 11.8 Å². The van der Waals surface area contributed by atoms with Crippen LogP contribution < -0.4 is 0 Å². The van der Waals surface area contributed by atoms with Crippen LogP contribution in [0.4, 0.5) is 0 Å². The molecule has 0 heterocycles. The molecule has 57 valence electrons. The predicted octanol–water partition coefficient (Wildman–Crippen LogP) is 3.09. The van der Waals surface area contributed by atoms with Gasteiger partial charge in [-0.05, 0) is 48.8 Å². The molecule has 0 amide bonds. The summed E-state index contributed by atoms with van der Waals surface area (Å²) in [5.41, 5.74) is 1.48. The smallest absolute Gasteiger partial charge is 0.00781 e. The topological polar surface area (TPSA) is 0 Å². The quantitative estimate of drug-likeness (QED) is 0.604. The van der Waals surface area contributed by atoms with Crippen LogP contribution in [0.2, 0.25) is 0 Å². The standard InChI is InChI=1S/C10H11S/c1-11-10-4-2-3-9(7-10)8-5-6-8/h3-4,7-8H,5-6H2,1H3. The second-order valence-electron chi connectivity index (χ2n) is 2.98. The minimum atomic E-state index is 0.860. The van der Waals surface area contributed by atoms with E-state index in [1.54, 1.807) is 11.8 Å². The molecule has 0 N–H and O–H groups in total. The van der Waals surface area contributed by atoms with Gasteiger partial charge in [-0.1, -0.05) is 6.07 Å². The fraction of sp³-hybridized carbons (Fsp3) is 0.400. The van der Waals surface area contributed by atoms with Crippen molar-refractivity contribution in [1.82, 2.24) is 0 Å². The molecule has 1 aromatic carbocycles. The lowest BCUT2D eigenvalue weighted by Gasteiger charge is -1.99. The molecule has 0 bridgehead atoms. The van der Waals surface area contributed by atoms with Crippen LogP contribution in [-0.4, -0.2) is 6.26 Å². The molecule has 0 aliphatic heterocycles. The Hall–Kier alpha value is -0.430. The summed E-state index contributed by atoms with van der Waals surface area (Å²) in [4.78, 5) is 1.34. The third-order valence-corrected chi connectivity index (χ3v) is 2.78. The Kier molecular flexibility index (Phi) is 1.91. The fourth-order valence-electron chi connectivity index (χ4n) is 1.24. The normalized spacial score (nSPS) is 16.8. The maximum absolute atomic E-state index is 3.18. The molecule has 1 aromatic rings. The van der Waals surface area contributed by atoms with Gasteiger partial charge in [0.1, 0.15) is 0 Å². The van der Waals surface area contributed by atoms with Gasteiger partial charge >= 0.3 is 0 Å². The van der Waals surface area contributed by atoms with E-state index < -0.39 is 0 Å². The molecule has 1 radical (unpaired) electrons. The summed E-state index contributed by atoms with van der Waals surface area (Å²) in [5.74, 6) is 0.860. The summed E-state index contributed by atoms with van der Waals surface area (Å²) in [6.07, 6.45) is 4.87. The summed E-state index contributed by atoms with van der Waals surface area (Å²) in [6, 6.07) is 9.65. The highest BCUT2D eigenvalue weighted by atomic mass is 32.2. The number of thioether (sulfide) groups is 1. The van der Waals surface area contributed by atoms with E-state index in [1.165, 1.54) is 23.3 Å². The zero-order chi connectivity index (χ0) is 7.68. The van der Waals surface area contributed by atoms with Crippen LogP contribution in [0.5, 0.6) is 0 Å². The van der Waals surface area contributed by atoms with Crippen LogP contribution in [0, 0.1) is 6.07 Å². The zero-order valence-corrected chi connectivity index (χ0v) is 7.45. The second-order valence-corrected chi connectivity index (χ2v) is 3.86. The molecule has 0 spiro atoms. The molecule has 0 atom stereocenters. The average molecular weight is 163 g/mol. The van der Waals surface area contributed by atoms with E-state index >= 15 is 0 Å². The lowest BCUT2D eigenvalue weighted by Crippen LogP contribution is -1.78. The second kappa shape index (κ2) is 2.90. The molecule has 2 rings (SSSR count). The molecule has 1 heteroatoms. The van der Waals surface area contributed by atoms with Crippen molar-refractivity contribution in [2.45, 2.75) is 23.7 Å². The van der Waals surface area contributed by atoms with Gasteiger partial charge in [0.2, 0.25) is 0 Å². The van der Waals surface area contributed by atoms with Crippen molar-refractivity contribution in [2.75, 3.05) is 6.26 Å². The Balaban J connectivity index is 2.26. The monoisotopic (exact) mass is 163 g/mol. The molecular formula is C10H11S. The molecule has 1 saturated carbocycles. The van der Waals surface area contributed by atoms with Crippen molar-refractivity contribution in [3.05, 3.63) is 29.8 Å². The van der Waals surface area contributed by atoms with E-state index in [-0.39, 0.29) is 0 Å². The molecule has 1 aliphatic rings. The van der Waals surface area contributed by atoms with Gasteiger partial charge in [0.25, 0.3) is 0 Å². The Bertz CT molecular complexity index is 251. The predicted molar refractivity (Wildman–Crippen MR) is 49.0 cm³/mol. The van der Waals surface area contributed by atoms with E-state index in [1.807, 2.05) is 0 Å². The van der Waals surface area contributed by atoms with E-state index in [0.717, 1.165) is 5.92 Å². The van der Waals surface area contributed by atoms with Gasteiger partial charge in [0, 0.05) is 4.90 Å². The highest BCUT2D eigenvalue weighted by molar-refractivity contribution is 7.98. The largest absolute Gasteiger partial charge is 0.130 e. The Morgan fingerprint density at radius 1 is 1.45 bits per heavy atom. The molecule has 0 saturated heterocycles. The van der Waals surface area contributed by atoms with Gasteiger partial charge in [0.05, 0.1) is 0 Å². The average Bonchev–Trinajstić information content (AvgIpc) is 2.87. The molecule has 0 unspecified atom stereocenters. The van der Waals surface area contributed by atoms with E-state index in [4.69, 9.17) is 0 Å². The maximum atomic E-state index is 3.18. The number of hydrogen-bond donors (Lipinski definition) is 0. The first kappa shape index (κ1) is 7.23. The van der Waals surface area contributed by atoms with Crippen molar-refractivity contribution in [3.63, 3.8) is 0 Å². The third-order valence-electron chi connectivity index (χ3n) is 2.07. The van der Waals surface area contributed by atoms with Crippen molar-refractivity contribution in [1.29, 1.82) is 0 Å². The summed E-state index contributed by atoms with van der Waals surface area (Å²) in [5, 5.41) is 0. The number of hydrogen-bond acceptors (Lipinski definition) is 1. The van der Waals surface area contributed by atoms with Gasteiger partial charge in [0.15, 0.2) is 0 Å². The van der Waals surface area contributed by atoms with Gasteiger partial charge in [-0.25, -0.2) is 0 Å². The van der Waals surface area contributed by atoms with Crippen LogP contribution in [-0.2, 0) is 0 Å². The molecular weight excluding hydrogens is 152 g/mol. The minimum Gasteiger partial charge on any atom is -0.130 e. The molecule has 0 aromatic heterocycles. The van der Waals surface area contributed by atoms with Crippen LogP contribution in [0.1, 0.15) is 24.3 Å². The highest BCUT2D eigenvalue weighted by Gasteiger charge is 2.23. The fourth-order valence-corrected chi connectivity index (χ4v) is 1.68. The van der Waals surface area contributed by atoms with Gasteiger partial charge in [-0.3, -0.25) is 0 Å². The van der Waals surface area contributed by atoms with Gasteiger partial charge in [-0.2, -0.15) is 0 Å². The zero-order valence-electron chi connectivity index (χ0n) is 6.63. The van der Waals surface area contributed by atoms with E-state index in [2.05, 4.69) is 30.5 Å². The Labute approximate surface area is 72.0 Å². The lowest BCUT2D eigenvalue weighted by atomic mass is 10.1. The summed E-state index contributed by atoms with van der Waals surface area (Å²) < 4.78 is 0. The number of benzene rings is 1. The molecule has 11 heavy (non-hydrogen) atoms. The third kappa shape index (κ3) is 1.59. The Morgan fingerprint density at radius 2 is 2.27 bits per heavy atom. The molecule has 1 aliphatic carbocycles. The number of rotatable bonds is 2. The van der Waals surface area contributed by atoms with E-state index in [0.29, 0.717) is 0 Å². The van der Waals surface area contributed by atoms with Crippen molar-refractivity contribution >= 4 is 11.8 Å². The summed E-state index contributed by atoms with van der Waals surface area (Å²) in [6.45, 7) is 0. The minimum absolute atomic E-state index is 0.860. The summed E-state index contributed by atoms with van der Waals surface area (Å²) >= 11 is 1.80. The van der Waals surface area contributed by atoms with Crippen molar-refractivity contribution < 1.29 is 0 Å². The highest BCUT2D eigenvalue weighted by Crippen LogP contribution is 2.40. The lowest BCUT2D eigenvalue weighted by molar-refractivity contribution is 1.11. The van der Waals surface area contributed by atoms with Crippen LogP contribution in [0.25, 0.3) is 0 Å². The van der Waals surface area contributed by atoms with Crippen LogP contribution in [0.3, 0.4) is 0 Å². The first-order chi connectivity index (χ1) is 5.40. The van der Waals surface area contributed by atoms with Crippen LogP contribution >= 0.6 is 11.8 Å². The van der Waals surface area contributed by atoms with Crippen molar-refractivity contribution in [3.8, 4) is 0 Å². The molecule has 0 nitrogen and oxygen atoms in total. The van der Waals surface area contributed by atoms with Gasteiger partial charge < -0.3 is 0 Å². The van der Waals surface area contributed by atoms with Crippen LogP contribution in [0.15, 0.2) is 23.1 Å². The van der Waals surface area contributed by atoms with Crippen molar-refractivity contribution in [2.24, 2.45) is 0 Å². The maximum Gasteiger partial charge on any atom is 0.00781 e. The van der Waals surface area contributed by atoms with E-state index in [9.17, 15) is 0 Å². The first-order valence-corrected chi connectivity index (χ1v) is 5.17.